The minimum atomic E-state index is -1.34. The minimum absolute atomic E-state index is 0.0765. The summed E-state index contributed by atoms with van der Waals surface area (Å²) in [6.07, 6.45) is -1.80. The van der Waals surface area contributed by atoms with Crippen LogP contribution in [-0.2, 0) is 4.79 Å². The number of ether oxygens (including phenoxy) is 1. The van der Waals surface area contributed by atoms with Crippen LogP contribution in [0.2, 0.25) is 0 Å². The lowest BCUT2D eigenvalue weighted by Gasteiger charge is -2.20. The van der Waals surface area contributed by atoms with Gasteiger partial charge in [-0.05, 0) is 24.1 Å². The maximum absolute atomic E-state index is 11.1. The molecule has 0 amide bonds. The monoisotopic (exact) mass is 314 g/mol. The molecule has 0 aliphatic carbocycles. The lowest BCUT2D eigenvalue weighted by Crippen LogP contribution is -2.20. The van der Waals surface area contributed by atoms with Gasteiger partial charge in [-0.1, -0.05) is 11.8 Å². The first-order valence-electron chi connectivity index (χ1n) is 6.26. The Morgan fingerprint density at radius 3 is 2.62 bits per heavy atom. The summed E-state index contributed by atoms with van der Waals surface area (Å²) in [6, 6.07) is 2.48. The van der Waals surface area contributed by atoms with Crippen molar-refractivity contribution in [3.8, 4) is 11.5 Å². The van der Waals surface area contributed by atoms with E-state index >= 15 is 0 Å². The number of aliphatic hydroxyl groups is 2. The first kappa shape index (κ1) is 17.5. The van der Waals surface area contributed by atoms with Gasteiger partial charge in [-0.3, -0.25) is 9.59 Å². The summed E-state index contributed by atoms with van der Waals surface area (Å²) in [4.78, 5) is 21.9. The van der Waals surface area contributed by atoms with E-state index in [1.165, 1.54) is 26.2 Å². The molecular weight excluding hydrogens is 296 g/mol. The number of thioether (sulfide) groups is 1. The van der Waals surface area contributed by atoms with Gasteiger partial charge in [0.2, 0.25) is 0 Å². The van der Waals surface area contributed by atoms with E-state index in [0.717, 1.165) is 11.8 Å². The van der Waals surface area contributed by atoms with Crippen molar-refractivity contribution in [2.24, 2.45) is 0 Å². The van der Waals surface area contributed by atoms with Gasteiger partial charge < -0.3 is 20.1 Å². The highest BCUT2D eigenvalue weighted by molar-refractivity contribution is 8.13. The number of hydrogen-bond acceptors (Lipinski definition) is 7. The summed E-state index contributed by atoms with van der Waals surface area (Å²) in [7, 11) is 1.34. The van der Waals surface area contributed by atoms with Crippen LogP contribution in [0, 0.1) is 0 Å². The lowest BCUT2D eigenvalue weighted by molar-refractivity contribution is -0.109. The van der Waals surface area contributed by atoms with Crippen LogP contribution < -0.4 is 4.74 Å². The van der Waals surface area contributed by atoms with Gasteiger partial charge in [-0.15, -0.1) is 0 Å². The zero-order chi connectivity index (χ0) is 16.0. The van der Waals surface area contributed by atoms with Crippen molar-refractivity contribution in [1.29, 1.82) is 0 Å². The topological polar surface area (TPSA) is 104 Å². The van der Waals surface area contributed by atoms with Crippen LogP contribution in [0.1, 0.15) is 35.4 Å². The normalized spacial score (nSPS) is 13.5. The van der Waals surface area contributed by atoms with Crippen molar-refractivity contribution < 1.29 is 29.6 Å². The van der Waals surface area contributed by atoms with E-state index in [9.17, 15) is 24.9 Å². The van der Waals surface area contributed by atoms with Gasteiger partial charge in [-0.2, -0.15) is 0 Å². The fourth-order valence-corrected chi connectivity index (χ4v) is 2.46. The average Bonchev–Trinajstić information content (AvgIpc) is 2.45. The zero-order valence-corrected chi connectivity index (χ0v) is 12.6. The summed E-state index contributed by atoms with van der Waals surface area (Å²) in [5, 5.41) is 29.6. The van der Waals surface area contributed by atoms with E-state index < -0.39 is 12.2 Å². The minimum Gasteiger partial charge on any atom is -0.504 e. The highest BCUT2D eigenvalue weighted by Gasteiger charge is 2.23. The molecule has 0 radical (unpaired) electrons. The Kier molecular flexibility index (Phi) is 6.67. The van der Waals surface area contributed by atoms with E-state index in [1.54, 1.807) is 0 Å². The third kappa shape index (κ3) is 4.73. The van der Waals surface area contributed by atoms with Crippen LogP contribution in [0.3, 0.4) is 0 Å². The quantitative estimate of drug-likeness (QED) is 0.651. The number of aromatic hydroxyl groups is 1. The van der Waals surface area contributed by atoms with Crippen LogP contribution in [-0.4, -0.2) is 45.7 Å². The van der Waals surface area contributed by atoms with Gasteiger partial charge >= 0.3 is 0 Å². The molecule has 2 atom stereocenters. The Hall–Kier alpha value is -1.57. The van der Waals surface area contributed by atoms with Gasteiger partial charge in [0.15, 0.2) is 22.9 Å². The van der Waals surface area contributed by atoms with Crippen LogP contribution in [0.15, 0.2) is 12.1 Å². The molecule has 0 saturated heterocycles. The molecule has 21 heavy (non-hydrogen) atoms. The first-order valence-corrected chi connectivity index (χ1v) is 7.24. The molecule has 1 rings (SSSR count). The summed E-state index contributed by atoms with van der Waals surface area (Å²) in [5.41, 5.74) is 0.235. The third-order valence-corrected chi connectivity index (χ3v) is 3.76. The van der Waals surface area contributed by atoms with Crippen molar-refractivity contribution >= 4 is 23.2 Å². The molecule has 6 nitrogen and oxygen atoms in total. The lowest BCUT2D eigenvalue weighted by atomic mass is 9.97. The van der Waals surface area contributed by atoms with Gasteiger partial charge in [-0.25, -0.2) is 0 Å². The molecule has 0 aliphatic rings. The highest BCUT2D eigenvalue weighted by Crippen LogP contribution is 2.33. The van der Waals surface area contributed by atoms with Crippen LogP contribution >= 0.6 is 11.8 Å². The first-order chi connectivity index (χ1) is 9.90. The van der Waals surface area contributed by atoms with Crippen molar-refractivity contribution in [3.05, 3.63) is 23.3 Å². The van der Waals surface area contributed by atoms with E-state index in [0.29, 0.717) is 12.0 Å². The molecule has 1 aromatic rings. The second-order valence-corrected chi connectivity index (χ2v) is 5.68. The Morgan fingerprint density at radius 1 is 1.43 bits per heavy atom. The molecular formula is C14H18O6S. The predicted octanol–water partition coefficient (Wildman–Crippen LogP) is 1.28. The van der Waals surface area contributed by atoms with Crippen molar-refractivity contribution in [2.45, 2.75) is 25.6 Å². The molecule has 0 spiro atoms. The SMILES string of the molecule is COc1cc(C=O)c(C(O)C(O)CCSC(C)=O)cc1O. The van der Waals surface area contributed by atoms with E-state index in [4.69, 9.17) is 4.74 Å². The highest BCUT2D eigenvalue weighted by atomic mass is 32.2. The van der Waals surface area contributed by atoms with Gasteiger partial charge in [0, 0.05) is 18.2 Å². The number of hydrogen-bond donors (Lipinski definition) is 3. The molecule has 0 aromatic heterocycles. The van der Waals surface area contributed by atoms with Crippen LogP contribution in [0.25, 0.3) is 0 Å². The van der Waals surface area contributed by atoms with Gasteiger partial charge in [0.25, 0.3) is 0 Å². The number of phenols is 1. The number of carbonyl (C=O) groups is 2. The molecule has 0 saturated carbocycles. The molecule has 0 fully saturated rings. The summed E-state index contributed by atoms with van der Waals surface area (Å²) >= 11 is 1.04. The number of carbonyl (C=O) groups excluding carboxylic acids is 2. The van der Waals surface area contributed by atoms with E-state index in [-0.39, 0.29) is 34.2 Å². The standard InChI is InChI=1S/C14H18O6S/c1-8(16)21-4-3-11(17)14(19)10-6-12(18)13(20-2)5-9(10)7-15/h5-7,11,14,17-19H,3-4H2,1-2H3. The molecule has 116 valence electrons. The van der Waals surface area contributed by atoms with Crippen LogP contribution in [0.4, 0.5) is 0 Å². The summed E-state index contributed by atoms with van der Waals surface area (Å²) in [5.74, 6) is 0.226. The predicted molar refractivity (Wildman–Crippen MR) is 78.8 cm³/mol. The maximum atomic E-state index is 11.1. The Morgan fingerprint density at radius 2 is 2.10 bits per heavy atom. The second-order valence-electron chi connectivity index (χ2n) is 4.41. The van der Waals surface area contributed by atoms with Crippen molar-refractivity contribution in [3.63, 3.8) is 0 Å². The molecule has 0 heterocycles. The third-order valence-electron chi connectivity index (χ3n) is 2.91. The molecule has 3 N–H and O–H groups in total. The van der Waals surface area contributed by atoms with Crippen molar-refractivity contribution in [1.82, 2.24) is 0 Å². The van der Waals surface area contributed by atoms with Crippen LogP contribution in [0.5, 0.6) is 11.5 Å². The Labute approximate surface area is 126 Å². The van der Waals surface area contributed by atoms with E-state index in [2.05, 4.69) is 0 Å². The number of methoxy groups -OCH3 is 1. The Balaban J connectivity index is 2.90. The van der Waals surface area contributed by atoms with Gasteiger partial charge in [0.05, 0.1) is 13.2 Å². The largest absolute Gasteiger partial charge is 0.504 e. The second kappa shape index (κ2) is 8.02. The fourth-order valence-electron chi connectivity index (χ4n) is 1.81. The summed E-state index contributed by atoms with van der Waals surface area (Å²) < 4.78 is 4.88. The molecule has 7 heteroatoms. The average molecular weight is 314 g/mol. The maximum Gasteiger partial charge on any atom is 0.185 e. The number of benzene rings is 1. The zero-order valence-electron chi connectivity index (χ0n) is 11.8. The summed E-state index contributed by atoms with van der Waals surface area (Å²) in [6.45, 7) is 1.42. The molecule has 0 bridgehead atoms. The Bertz CT molecular complexity index is 516. The fraction of sp³-hybridized carbons (Fsp3) is 0.429. The smallest absolute Gasteiger partial charge is 0.185 e. The molecule has 1 aromatic carbocycles. The number of aldehydes is 1. The molecule has 2 unspecified atom stereocenters. The van der Waals surface area contributed by atoms with E-state index in [1.807, 2.05) is 0 Å². The molecule has 0 aliphatic heterocycles. The number of rotatable bonds is 7. The number of phenolic OH excluding ortho intramolecular Hbond substituents is 1. The van der Waals surface area contributed by atoms with Gasteiger partial charge in [0.1, 0.15) is 6.10 Å². The number of aliphatic hydroxyl groups excluding tert-OH is 2. The van der Waals surface area contributed by atoms with Crippen molar-refractivity contribution in [2.75, 3.05) is 12.9 Å².